The molecule has 0 aliphatic rings. The molecule has 1 aromatic heterocycles. The van der Waals surface area contributed by atoms with Crippen LogP contribution in [0.3, 0.4) is 0 Å². The van der Waals surface area contributed by atoms with Crippen molar-refractivity contribution in [2.45, 2.75) is 26.3 Å². The molecule has 9 heteroatoms. The van der Waals surface area contributed by atoms with E-state index in [-0.39, 0.29) is 12.0 Å². The van der Waals surface area contributed by atoms with Crippen LogP contribution >= 0.6 is 11.6 Å². The van der Waals surface area contributed by atoms with Crippen LogP contribution in [0.5, 0.6) is 0 Å². The highest BCUT2D eigenvalue weighted by atomic mass is 35.5. The van der Waals surface area contributed by atoms with Gasteiger partial charge in [0.1, 0.15) is 6.04 Å². The molecule has 2 aromatic carbocycles. The molecule has 2 N–H and O–H groups in total. The Kier molecular flexibility index (Phi) is 6.70. The minimum Gasteiger partial charge on any atom is -0.357 e. The predicted octanol–water partition coefficient (Wildman–Crippen LogP) is 3.57. The van der Waals surface area contributed by atoms with Gasteiger partial charge in [-0.3, -0.25) is 9.59 Å². The summed E-state index contributed by atoms with van der Waals surface area (Å²) >= 11 is 5.94. The molecule has 1 atom stereocenters. The Morgan fingerprint density at radius 1 is 1.10 bits per heavy atom. The molecule has 3 aromatic rings. The Balaban J connectivity index is 1.83. The maximum Gasteiger partial charge on any atom is 0.246 e. The number of amides is 2. The van der Waals surface area contributed by atoms with Crippen LogP contribution < -0.4 is 10.6 Å². The lowest BCUT2D eigenvalue weighted by molar-refractivity contribution is -0.128. The van der Waals surface area contributed by atoms with Gasteiger partial charge in [-0.1, -0.05) is 17.7 Å². The average Bonchev–Trinajstić information content (AvgIpc) is 3.02. The summed E-state index contributed by atoms with van der Waals surface area (Å²) in [5.41, 5.74) is 3.05. The van der Waals surface area contributed by atoms with Crippen LogP contribution in [0.15, 0.2) is 42.5 Å². The summed E-state index contributed by atoms with van der Waals surface area (Å²) < 4.78 is 28.6. The fourth-order valence-corrected chi connectivity index (χ4v) is 3.40. The normalized spacial score (nSPS) is 11.8. The number of carbonyl (C=O) groups excluding carboxylic acids is 2. The number of aromatic nitrogens is 2. The Labute approximate surface area is 183 Å². The van der Waals surface area contributed by atoms with Gasteiger partial charge in [0.05, 0.1) is 17.8 Å². The highest BCUT2D eigenvalue weighted by Gasteiger charge is 2.24. The van der Waals surface area contributed by atoms with Crippen molar-refractivity contribution < 1.29 is 18.4 Å². The minimum absolute atomic E-state index is 0.0393. The molecule has 1 unspecified atom stereocenters. The van der Waals surface area contributed by atoms with E-state index in [1.807, 2.05) is 19.1 Å². The monoisotopic (exact) mass is 446 g/mol. The van der Waals surface area contributed by atoms with Crippen LogP contribution in [0.4, 0.5) is 8.78 Å². The Hall–Kier alpha value is -3.26. The first-order valence-electron chi connectivity index (χ1n) is 9.48. The van der Waals surface area contributed by atoms with E-state index in [0.29, 0.717) is 16.3 Å². The van der Waals surface area contributed by atoms with Gasteiger partial charge in [0, 0.05) is 23.3 Å². The summed E-state index contributed by atoms with van der Waals surface area (Å²) in [6, 6.07) is 9.02. The Morgan fingerprint density at radius 3 is 2.39 bits per heavy atom. The molecule has 0 saturated heterocycles. The number of aryl methyl sites for hydroxylation is 1. The van der Waals surface area contributed by atoms with Gasteiger partial charge in [0.25, 0.3) is 0 Å². The molecular formula is C22H21ClF2N4O2. The highest BCUT2D eigenvalue weighted by molar-refractivity contribution is 6.30. The first kappa shape index (κ1) is 22.4. The number of benzene rings is 2. The van der Waals surface area contributed by atoms with Gasteiger partial charge in [-0.05, 0) is 55.8 Å². The number of halogens is 3. The number of rotatable bonds is 6. The van der Waals surface area contributed by atoms with Crippen molar-refractivity contribution >= 4 is 23.4 Å². The van der Waals surface area contributed by atoms with Crippen molar-refractivity contribution in [2.24, 2.45) is 0 Å². The summed E-state index contributed by atoms with van der Waals surface area (Å²) in [5.74, 6) is -3.15. The third kappa shape index (κ3) is 4.91. The molecule has 2 amide bonds. The van der Waals surface area contributed by atoms with Gasteiger partial charge in [-0.2, -0.15) is 5.10 Å². The molecule has 1 heterocycles. The standard InChI is InChI=1S/C22H21ClF2N4O2/c1-12-17(13(2)29(28-12)16-7-5-15(23)6-8-16)11-20(30)27-21(22(31)26-3)14-4-9-18(24)19(25)10-14/h4-10,21H,11H2,1-3H3,(H,26,31)(H,27,30). The lowest BCUT2D eigenvalue weighted by Gasteiger charge is -2.18. The third-order valence-corrected chi connectivity index (χ3v) is 5.19. The highest BCUT2D eigenvalue weighted by Crippen LogP contribution is 2.21. The molecule has 0 saturated carbocycles. The van der Waals surface area contributed by atoms with Crippen molar-refractivity contribution in [3.63, 3.8) is 0 Å². The second-order valence-electron chi connectivity index (χ2n) is 7.00. The molecule has 0 aliphatic heterocycles. The van der Waals surface area contributed by atoms with Crippen molar-refractivity contribution in [1.29, 1.82) is 0 Å². The second-order valence-corrected chi connectivity index (χ2v) is 7.44. The number of carbonyl (C=O) groups is 2. The van der Waals surface area contributed by atoms with Gasteiger partial charge >= 0.3 is 0 Å². The lowest BCUT2D eigenvalue weighted by Crippen LogP contribution is -2.39. The molecule has 0 spiro atoms. The smallest absolute Gasteiger partial charge is 0.246 e. The van der Waals surface area contributed by atoms with E-state index in [1.54, 1.807) is 23.7 Å². The summed E-state index contributed by atoms with van der Waals surface area (Å²) in [5, 5.41) is 10.1. The van der Waals surface area contributed by atoms with Gasteiger partial charge in [-0.25, -0.2) is 13.5 Å². The summed E-state index contributed by atoms with van der Waals surface area (Å²) in [6.07, 6.45) is -0.0393. The summed E-state index contributed by atoms with van der Waals surface area (Å²) in [7, 11) is 1.39. The van der Waals surface area contributed by atoms with Gasteiger partial charge < -0.3 is 10.6 Å². The van der Waals surface area contributed by atoms with E-state index in [1.165, 1.54) is 13.1 Å². The molecule has 162 valence electrons. The molecular weight excluding hydrogens is 426 g/mol. The topological polar surface area (TPSA) is 76.0 Å². The van der Waals surface area contributed by atoms with Crippen LogP contribution in [0.1, 0.15) is 28.6 Å². The number of likely N-dealkylation sites (N-methyl/N-ethyl adjacent to an activating group) is 1. The van der Waals surface area contributed by atoms with Crippen LogP contribution in [-0.2, 0) is 16.0 Å². The maximum atomic E-state index is 13.6. The first-order chi connectivity index (χ1) is 14.7. The zero-order chi connectivity index (χ0) is 22.7. The Morgan fingerprint density at radius 2 is 1.77 bits per heavy atom. The summed E-state index contributed by atoms with van der Waals surface area (Å²) in [4.78, 5) is 25.0. The molecule has 0 aliphatic carbocycles. The molecule has 0 fully saturated rings. The minimum atomic E-state index is -1.17. The summed E-state index contributed by atoms with van der Waals surface area (Å²) in [6.45, 7) is 3.62. The van der Waals surface area contributed by atoms with E-state index >= 15 is 0 Å². The SMILES string of the molecule is CNC(=O)C(NC(=O)Cc1c(C)nn(-c2ccc(Cl)cc2)c1C)c1ccc(F)c(F)c1. The zero-order valence-electron chi connectivity index (χ0n) is 17.2. The van der Waals surface area contributed by atoms with Crippen molar-refractivity contribution in [1.82, 2.24) is 20.4 Å². The molecule has 31 heavy (non-hydrogen) atoms. The van der Waals surface area contributed by atoms with Crippen LogP contribution in [-0.4, -0.2) is 28.6 Å². The van der Waals surface area contributed by atoms with Crippen molar-refractivity contribution in [3.8, 4) is 5.69 Å². The van der Waals surface area contributed by atoms with E-state index in [2.05, 4.69) is 15.7 Å². The number of nitrogens with zero attached hydrogens (tertiary/aromatic N) is 2. The van der Waals surface area contributed by atoms with E-state index in [0.717, 1.165) is 23.5 Å². The van der Waals surface area contributed by atoms with Crippen LogP contribution in [0, 0.1) is 25.5 Å². The van der Waals surface area contributed by atoms with Gasteiger partial charge in [0.2, 0.25) is 11.8 Å². The molecule has 0 radical (unpaired) electrons. The van der Waals surface area contributed by atoms with Gasteiger partial charge in [0.15, 0.2) is 11.6 Å². The Bertz CT molecular complexity index is 1130. The fraction of sp³-hybridized carbons (Fsp3) is 0.227. The molecule has 3 rings (SSSR count). The number of nitrogens with one attached hydrogen (secondary N) is 2. The van der Waals surface area contributed by atoms with E-state index < -0.39 is 29.5 Å². The van der Waals surface area contributed by atoms with Crippen LogP contribution in [0.25, 0.3) is 5.69 Å². The number of hydrogen-bond acceptors (Lipinski definition) is 3. The third-order valence-electron chi connectivity index (χ3n) is 4.94. The van der Waals surface area contributed by atoms with E-state index in [9.17, 15) is 18.4 Å². The number of hydrogen-bond donors (Lipinski definition) is 2. The van der Waals surface area contributed by atoms with Crippen molar-refractivity contribution in [3.05, 3.63) is 81.6 Å². The predicted molar refractivity (Wildman–Crippen MR) is 113 cm³/mol. The zero-order valence-corrected chi connectivity index (χ0v) is 17.9. The van der Waals surface area contributed by atoms with E-state index in [4.69, 9.17) is 11.6 Å². The first-order valence-corrected chi connectivity index (χ1v) is 9.86. The van der Waals surface area contributed by atoms with Crippen LogP contribution in [0.2, 0.25) is 5.02 Å². The molecule has 0 bridgehead atoms. The fourth-order valence-electron chi connectivity index (χ4n) is 3.27. The quantitative estimate of drug-likeness (QED) is 0.608. The van der Waals surface area contributed by atoms with Crippen molar-refractivity contribution in [2.75, 3.05) is 7.05 Å². The molecule has 6 nitrogen and oxygen atoms in total. The largest absolute Gasteiger partial charge is 0.357 e. The van der Waals surface area contributed by atoms with Gasteiger partial charge in [-0.15, -0.1) is 0 Å². The maximum absolute atomic E-state index is 13.6. The second kappa shape index (κ2) is 9.26. The lowest BCUT2D eigenvalue weighted by atomic mass is 10.0. The average molecular weight is 447 g/mol.